The van der Waals surface area contributed by atoms with Gasteiger partial charge in [-0.25, -0.2) is 9.97 Å². The standard InChI is InChI=1S/C24H25N5O6/c30-9-18(31)29-6-5-14(8-29)28-24(32)15-7-25-22-20(15)26-11-27-21(22)19-16(33-10-13-1-2-13)3-4-17-23(19)35-12-34-17/h3-4,7,11,13-14,25,30H,1-2,5-6,8-10,12H2,(H,28,32)/t14-/m0/s1. The van der Waals surface area contributed by atoms with Crippen LogP contribution in [0.2, 0.25) is 0 Å². The number of benzene rings is 1. The minimum atomic E-state index is -0.535. The van der Waals surface area contributed by atoms with Crippen LogP contribution in [0, 0.1) is 5.92 Å². The minimum Gasteiger partial charge on any atom is -0.492 e. The van der Waals surface area contributed by atoms with Crippen LogP contribution in [0.4, 0.5) is 0 Å². The molecule has 11 heteroatoms. The zero-order valence-corrected chi connectivity index (χ0v) is 19.0. The van der Waals surface area contributed by atoms with E-state index < -0.39 is 6.61 Å². The van der Waals surface area contributed by atoms with Gasteiger partial charge in [-0.3, -0.25) is 9.59 Å². The number of aliphatic hydroxyl groups is 1. The molecule has 3 aromatic rings. The molecule has 6 rings (SSSR count). The highest BCUT2D eigenvalue weighted by atomic mass is 16.7. The monoisotopic (exact) mass is 479 g/mol. The van der Waals surface area contributed by atoms with Crippen LogP contribution in [0.15, 0.2) is 24.7 Å². The van der Waals surface area contributed by atoms with E-state index in [1.54, 1.807) is 11.1 Å². The SMILES string of the molecule is O=C(N[C@H]1CCN(C(=O)CO)C1)c1c[nH]c2c(-c3c(OCC4CC4)ccc4c3OCO4)ncnc12. The molecule has 35 heavy (non-hydrogen) atoms. The second-order valence-corrected chi connectivity index (χ2v) is 9.03. The lowest BCUT2D eigenvalue weighted by Gasteiger charge is -2.15. The Hall–Kier alpha value is -3.86. The van der Waals surface area contributed by atoms with Crippen molar-refractivity contribution >= 4 is 22.8 Å². The highest BCUT2D eigenvalue weighted by Gasteiger charge is 2.30. The number of carbonyl (C=O) groups excluding carboxylic acids is 2. The largest absolute Gasteiger partial charge is 0.492 e. The van der Waals surface area contributed by atoms with Crippen molar-refractivity contribution in [2.45, 2.75) is 25.3 Å². The van der Waals surface area contributed by atoms with Gasteiger partial charge in [0.1, 0.15) is 29.9 Å². The molecule has 2 aliphatic heterocycles. The molecular formula is C24H25N5O6. The van der Waals surface area contributed by atoms with Crippen molar-refractivity contribution in [3.63, 3.8) is 0 Å². The van der Waals surface area contributed by atoms with Gasteiger partial charge in [-0.2, -0.15) is 0 Å². The molecule has 0 bridgehead atoms. The molecule has 1 saturated heterocycles. The van der Waals surface area contributed by atoms with Crippen LogP contribution in [0.3, 0.4) is 0 Å². The second kappa shape index (κ2) is 8.73. The van der Waals surface area contributed by atoms with E-state index in [1.807, 2.05) is 12.1 Å². The predicted octanol–water partition coefficient (Wildman–Crippen LogP) is 1.47. The smallest absolute Gasteiger partial charge is 0.255 e. The second-order valence-electron chi connectivity index (χ2n) is 9.03. The fourth-order valence-electron chi connectivity index (χ4n) is 4.56. The molecule has 0 unspecified atom stereocenters. The number of aromatic amines is 1. The zero-order valence-electron chi connectivity index (χ0n) is 19.0. The summed E-state index contributed by atoms with van der Waals surface area (Å²) in [7, 11) is 0. The maximum Gasteiger partial charge on any atom is 0.255 e. The average Bonchev–Trinajstić information content (AvgIpc) is 3.25. The van der Waals surface area contributed by atoms with E-state index in [2.05, 4.69) is 20.3 Å². The number of nitrogens with zero attached hydrogens (tertiary/aromatic N) is 3. The van der Waals surface area contributed by atoms with Crippen molar-refractivity contribution in [3.8, 4) is 28.5 Å². The van der Waals surface area contributed by atoms with Gasteiger partial charge < -0.3 is 34.5 Å². The molecule has 3 aliphatic rings. The molecule has 2 aromatic heterocycles. The number of hydrogen-bond donors (Lipinski definition) is 3. The fourth-order valence-corrected chi connectivity index (χ4v) is 4.56. The van der Waals surface area contributed by atoms with Crippen molar-refractivity contribution in [1.82, 2.24) is 25.2 Å². The third-order valence-electron chi connectivity index (χ3n) is 6.63. The van der Waals surface area contributed by atoms with Gasteiger partial charge in [-0.15, -0.1) is 0 Å². The van der Waals surface area contributed by atoms with E-state index in [-0.39, 0.29) is 24.6 Å². The Balaban J connectivity index is 1.31. The van der Waals surface area contributed by atoms with Crippen molar-refractivity contribution in [1.29, 1.82) is 0 Å². The van der Waals surface area contributed by atoms with Crippen LogP contribution in [0.5, 0.6) is 17.2 Å². The van der Waals surface area contributed by atoms with Crippen LogP contribution < -0.4 is 19.5 Å². The van der Waals surface area contributed by atoms with Crippen LogP contribution in [-0.2, 0) is 4.79 Å². The molecule has 0 radical (unpaired) electrons. The summed E-state index contributed by atoms with van der Waals surface area (Å²) in [6.07, 6.45) is 5.98. The molecule has 1 aliphatic carbocycles. The van der Waals surface area contributed by atoms with Gasteiger partial charge in [0.2, 0.25) is 12.7 Å². The number of aliphatic hydroxyl groups excluding tert-OH is 1. The maximum absolute atomic E-state index is 13.1. The van der Waals surface area contributed by atoms with Gasteiger partial charge in [0.25, 0.3) is 5.91 Å². The molecule has 182 valence electrons. The van der Waals surface area contributed by atoms with Crippen LogP contribution >= 0.6 is 0 Å². The molecule has 0 spiro atoms. The van der Waals surface area contributed by atoms with Gasteiger partial charge in [-0.05, 0) is 37.3 Å². The van der Waals surface area contributed by atoms with Crippen LogP contribution in [0.1, 0.15) is 29.6 Å². The lowest BCUT2D eigenvalue weighted by Crippen LogP contribution is -2.39. The minimum absolute atomic E-state index is 0.109. The number of aromatic nitrogens is 3. The third-order valence-corrected chi connectivity index (χ3v) is 6.63. The van der Waals surface area contributed by atoms with E-state index in [9.17, 15) is 9.59 Å². The molecule has 1 atom stereocenters. The van der Waals surface area contributed by atoms with E-state index in [0.29, 0.717) is 77.1 Å². The normalized spacial score (nSPS) is 18.8. The topological polar surface area (TPSA) is 139 Å². The number of fused-ring (bicyclic) bond motifs is 2. The molecule has 3 N–H and O–H groups in total. The van der Waals surface area contributed by atoms with Gasteiger partial charge in [-0.1, -0.05) is 0 Å². The average molecular weight is 479 g/mol. The van der Waals surface area contributed by atoms with Crippen molar-refractivity contribution in [2.24, 2.45) is 5.92 Å². The Bertz CT molecular complexity index is 1300. The summed E-state index contributed by atoms with van der Waals surface area (Å²) >= 11 is 0. The number of hydrogen-bond acceptors (Lipinski definition) is 8. The molecule has 1 aromatic carbocycles. The van der Waals surface area contributed by atoms with E-state index in [0.717, 1.165) is 0 Å². The maximum atomic E-state index is 13.1. The van der Waals surface area contributed by atoms with Crippen LogP contribution in [-0.4, -0.2) is 75.9 Å². The molecule has 1 saturated carbocycles. The number of likely N-dealkylation sites (tertiary alicyclic amines) is 1. The van der Waals surface area contributed by atoms with Gasteiger partial charge in [0, 0.05) is 25.3 Å². The number of amides is 2. The molecular weight excluding hydrogens is 454 g/mol. The van der Waals surface area contributed by atoms with E-state index in [1.165, 1.54) is 19.2 Å². The first kappa shape index (κ1) is 21.7. The number of carbonyl (C=O) groups is 2. The lowest BCUT2D eigenvalue weighted by atomic mass is 10.1. The number of H-pyrrole nitrogens is 1. The predicted molar refractivity (Wildman–Crippen MR) is 123 cm³/mol. The van der Waals surface area contributed by atoms with Gasteiger partial charge in [0.05, 0.1) is 23.3 Å². The first-order valence-electron chi connectivity index (χ1n) is 11.7. The summed E-state index contributed by atoms with van der Waals surface area (Å²) in [5.74, 6) is 1.73. The highest BCUT2D eigenvalue weighted by molar-refractivity contribution is 6.08. The summed E-state index contributed by atoms with van der Waals surface area (Å²) in [6, 6.07) is 3.48. The van der Waals surface area contributed by atoms with E-state index in [4.69, 9.17) is 19.3 Å². The summed E-state index contributed by atoms with van der Waals surface area (Å²) in [5, 5.41) is 12.0. The number of ether oxygens (including phenoxy) is 3. The first-order chi connectivity index (χ1) is 17.1. The Morgan fingerprint density at radius 2 is 2.11 bits per heavy atom. The Morgan fingerprint density at radius 1 is 1.23 bits per heavy atom. The van der Waals surface area contributed by atoms with E-state index >= 15 is 0 Å². The zero-order chi connectivity index (χ0) is 23.9. The fraction of sp³-hybridized carbons (Fsp3) is 0.417. The van der Waals surface area contributed by atoms with Crippen LogP contribution in [0.25, 0.3) is 22.3 Å². The van der Waals surface area contributed by atoms with Crippen molar-refractivity contribution in [2.75, 3.05) is 33.1 Å². The number of rotatable bonds is 7. The summed E-state index contributed by atoms with van der Waals surface area (Å²) < 4.78 is 17.5. The summed E-state index contributed by atoms with van der Waals surface area (Å²) in [6.45, 7) is 1.06. The molecule has 2 fully saturated rings. The lowest BCUT2D eigenvalue weighted by molar-refractivity contribution is -0.133. The number of nitrogens with one attached hydrogen (secondary N) is 2. The third kappa shape index (κ3) is 4.01. The Labute approximate surface area is 200 Å². The molecule has 4 heterocycles. The van der Waals surface area contributed by atoms with Crippen molar-refractivity contribution < 1.29 is 28.9 Å². The molecule has 11 nitrogen and oxygen atoms in total. The summed E-state index contributed by atoms with van der Waals surface area (Å²) in [5.41, 5.74) is 2.65. The molecule has 2 amide bonds. The Kier molecular flexibility index (Phi) is 5.40. The van der Waals surface area contributed by atoms with Gasteiger partial charge in [0.15, 0.2) is 11.5 Å². The Morgan fingerprint density at radius 3 is 2.94 bits per heavy atom. The van der Waals surface area contributed by atoms with Crippen molar-refractivity contribution in [3.05, 3.63) is 30.2 Å². The quantitative estimate of drug-likeness (QED) is 0.463. The summed E-state index contributed by atoms with van der Waals surface area (Å²) in [4.78, 5) is 38.4. The highest BCUT2D eigenvalue weighted by Crippen LogP contribution is 2.48. The first-order valence-corrected chi connectivity index (χ1v) is 11.7. The van der Waals surface area contributed by atoms with Gasteiger partial charge >= 0.3 is 0 Å².